The van der Waals surface area contributed by atoms with Crippen molar-refractivity contribution < 1.29 is 19.4 Å². The first-order valence-electron chi connectivity index (χ1n) is 7.94. The second-order valence-electron chi connectivity index (χ2n) is 5.33. The quantitative estimate of drug-likeness (QED) is 0.354. The lowest BCUT2D eigenvalue weighted by atomic mass is 10.0. The molecular formula is C20H14N4O4. The lowest BCUT2D eigenvalue weighted by Crippen LogP contribution is -2.14. The van der Waals surface area contributed by atoms with Crippen molar-refractivity contribution in [3.8, 4) is 12.1 Å². The molecule has 0 atom stereocenters. The fraction of sp³-hybridized carbons (Fsp3) is 0.100. The van der Waals surface area contributed by atoms with Crippen LogP contribution in [0, 0.1) is 28.6 Å². The summed E-state index contributed by atoms with van der Waals surface area (Å²) >= 11 is 0. The van der Waals surface area contributed by atoms with Crippen LogP contribution in [0.5, 0.6) is 0 Å². The van der Waals surface area contributed by atoms with Gasteiger partial charge >= 0.3 is 5.97 Å². The van der Waals surface area contributed by atoms with Gasteiger partial charge in [-0.1, -0.05) is 42.5 Å². The first kappa shape index (κ1) is 20.0. The molecule has 0 aliphatic heterocycles. The van der Waals surface area contributed by atoms with Crippen LogP contribution in [0.1, 0.15) is 15.9 Å². The number of azo groups is 1. The molecule has 0 unspecified atom stereocenters. The number of aliphatic hydroxyl groups excluding tert-OH is 1. The van der Waals surface area contributed by atoms with Gasteiger partial charge in [0.1, 0.15) is 5.69 Å². The van der Waals surface area contributed by atoms with Crippen molar-refractivity contribution in [1.29, 1.82) is 10.5 Å². The number of allylic oxidation sites excluding steroid dienone is 1. The predicted octanol–water partition coefficient (Wildman–Crippen LogP) is 3.72. The standard InChI is InChI=1S/C20H14N4O4/c1-28-20(27)15-9-5-6-10-16(15)23-24-17(19(26)14(11-21)12-22)18(25)13-7-3-2-4-8-13/h2-10,14,25H,1H3/b18-17+,24-23?. The summed E-state index contributed by atoms with van der Waals surface area (Å²) in [6.45, 7) is 0. The van der Waals surface area contributed by atoms with Gasteiger partial charge in [0.2, 0.25) is 5.78 Å². The highest BCUT2D eigenvalue weighted by Gasteiger charge is 2.26. The Morgan fingerprint density at radius 2 is 1.64 bits per heavy atom. The highest BCUT2D eigenvalue weighted by Crippen LogP contribution is 2.25. The van der Waals surface area contributed by atoms with Crippen molar-refractivity contribution in [3.63, 3.8) is 0 Å². The number of hydrogen-bond donors (Lipinski definition) is 1. The van der Waals surface area contributed by atoms with E-state index >= 15 is 0 Å². The zero-order chi connectivity index (χ0) is 20.5. The smallest absolute Gasteiger partial charge is 0.340 e. The number of hydrogen-bond acceptors (Lipinski definition) is 8. The van der Waals surface area contributed by atoms with E-state index in [0.29, 0.717) is 0 Å². The number of carbonyl (C=O) groups excluding carboxylic acids is 2. The molecule has 0 heterocycles. The number of esters is 1. The predicted molar refractivity (Wildman–Crippen MR) is 98.0 cm³/mol. The van der Waals surface area contributed by atoms with Crippen LogP contribution in [0.25, 0.3) is 5.76 Å². The molecule has 28 heavy (non-hydrogen) atoms. The molecule has 2 aromatic carbocycles. The first-order valence-corrected chi connectivity index (χ1v) is 7.94. The summed E-state index contributed by atoms with van der Waals surface area (Å²) in [5.41, 5.74) is -0.137. The van der Waals surface area contributed by atoms with Crippen LogP contribution in [0.2, 0.25) is 0 Å². The molecule has 8 heteroatoms. The van der Waals surface area contributed by atoms with E-state index in [1.54, 1.807) is 42.5 Å². The number of carbonyl (C=O) groups is 2. The molecule has 0 spiro atoms. The second kappa shape index (κ2) is 9.41. The maximum atomic E-state index is 12.5. The molecule has 0 saturated carbocycles. The van der Waals surface area contributed by atoms with Crippen molar-refractivity contribution in [2.24, 2.45) is 16.1 Å². The van der Waals surface area contributed by atoms with E-state index in [1.807, 2.05) is 0 Å². The van der Waals surface area contributed by atoms with E-state index in [9.17, 15) is 14.7 Å². The topological polar surface area (TPSA) is 136 Å². The minimum atomic E-state index is -1.67. The molecule has 0 amide bonds. The monoisotopic (exact) mass is 374 g/mol. The number of ketones is 1. The molecule has 0 aliphatic rings. The van der Waals surface area contributed by atoms with Gasteiger partial charge in [-0.2, -0.15) is 10.5 Å². The molecule has 2 aromatic rings. The third kappa shape index (κ3) is 4.45. The Kier molecular flexibility index (Phi) is 6.73. The van der Waals surface area contributed by atoms with E-state index in [2.05, 4.69) is 15.0 Å². The molecule has 0 aromatic heterocycles. The Balaban J connectivity index is 2.58. The first-order chi connectivity index (χ1) is 13.5. The van der Waals surface area contributed by atoms with Gasteiger partial charge in [0, 0.05) is 5.56 Å². The number of aliphatic hydroxyl groups is 1. The van der Waals surface area contributed by atoms with Crippen LogP contribution in [0.15, 0.2) is 70.5 Å². The third-order valence-electron chi connectivity index (χ3n) is 3.59. The number of nitrogens with zero attached hydrogens (tertiary/aromatic N) is 4. The van der Waals surface area contributed by atoms with E-state index in [0.717, 1.165) is 0 Å². The zero-order valence-electron chi connectivity index (χ0n) is 14.7. The fourth-order valence-electron chi connectivity index (χ4n) is 2.18. The Labute approximate surface area is 160 Å². The highest BCUT2D eigenvalue weighted by atomic mass is 16.5. The number of benzene rings is 2. The largest absolute Gasteiger partial charge is 0.505 e. The van der Waals surface area contributed by atoms with Crippen molar-refractivity contribution in [2.75, 3.05) is 7.11 Å². The number of rotatable bonds is 6. The van der Waals surface area contributed by atoms with E-state index in [-0.39, 0.29) is 16.8 Å². The minimum Gasteiger partial charge on any atom is -0.505 e. The van der Waals surface area contributed by atoms with Crippen LogP contribution in [-0.2, 0) is 9.53 Å². The molecular weight excluding hydrogens is 360 g/mol. The minimum absolute atomic E-state index is 0.0889. The highest BCUT2D eigenvalue weighted by molar-refractivity contribution is 6.05. The summed E-state index contributed by atoms with van der Waals surface area (Å²) in [7, 11) is 1.21. The number of methoxy groups -OCH3 is 1. The summed E-state index contributed by atoms with van der Waals surface area (Å²) in [5, 5.41) is 36.1. The van der Waals surface area contributed by atoms with Gasteiger partial charge in [-0.25, -0.2) is 4.79 Å². The molecule has 1 N–H and O–H groups in total. The lowest BCUT2D eigenvalue weighted by molar-refractivity contribution is -0.116. The van der Waals surface area contributed by atoms with Gasteiger partial charge < -0.3 is 9.84 Å². The van der Waals surface area contributed by atoms with E-state index < -0.39 is 29.1 Å². The molecule has 0 bridgehead atoms. The molecule has 138 valence electrons. The van der Waals surface area contributed by atoms with E-state index in [1.165, 1.54) is 31.4 Å². The number of Topliss-reactive ketones (excluding diaryl/α,β-unsaturated/α-hetero) is 1. The Morgan fingerprint density at radius 3 is 2.25 bits per heavy atom. The third-order valence-corrected chi connectivity index (χ3v) is 3.59. The van der Waals surface area contributed by atoms with Gasteiger partial charge in [0.05, 0.1) is 24.8 Å². The Morgan fingerprint density at radius 1 is 1.04 bits per heavy atom. The normalized spacial score (nSPS) is 11.4. The van der Waals surface area contributed by atoms with Crippen LogP contribution >= 0.6 is 0 Å². The molecule has 0 fully saturated rings. The van der Waals surface area contributed by atoms with Crippen molar-refractivity contribution >= 4 is 23.2 Å². The molecule has 2 rings (SSSR count). The summed E-state index contributed by atoms with van der Waals surface area (Å²) in [6, 6.07) is 17.2. The van der Waals surface area contributed by atoms with Crippen LogP contribution in [-0.4, -0.2) is 24.0 Å². The maximum absolute atomic E-state index is 12.5. The lowest BCUT2D eigenvalue weighted by Gasteiger charge is -2.06. The molecule has 0 radical (unpaired) electrons. The van der Waals surface area contributed by atoms with Crippen LogP contribution in [0.3, 0.4) is 0 Å². The van der Waals surface area contributed by atoms with Gasteiger partial charge in [0.25, 0.3) is 0 Å². The summed E-state index contributed by atoms with van der Waals surface area (Å²) in [4.78, 5) is 24.3. The van der Waals surface area contributed by atoms with E-state index in [4.69, 9.17) is 10.5 Å². The second-order valence-corrected chi connectivity index (χ2v) is 5.33. The Bertz CT molecular complexity index is 1020. The van der Waals surface area contributed by atoms with Crippen molar-refractivity contribution in [1.82, 2.24) is 0 Å². The van der Waals surface area contributed by atoms with Gasteiger partial charge in [-0.3, -0.25) is 4.79 Å². The van der Waals surface area contributed by atoms with Crippen molar-refractivity contribution in [3.05, 3.63) is 71.4 Å². The van der Waals surface area contributed by atoms with Gasteiger partial charge in [-0.05, 0) is 12.1 Å². The van der Waals surface area contributed by atoms with Crippen LogP contribution < -0.4 is 0 Å². The van der Waals surface area contributed by atoms with Gasteiger partial charge in [0.15, 0.2) is 17.4 Å². The summed E-state index contributed by atoms with van der Waals surface area (Å²) in [5.74, 6) is -3.88. The average Bonchev–Trinajstić information content (AvgIpc) is 2.75. The molecule has 8 nitrogen and oxygen atoms in total. The van der Waals surface area contributed by atoms with Gasteiger partial charge in [-0.15, -0.1) is 10.2 Å². The number of nitriles is 2. The fourth-order valence-corrected chi connectivity index (χ4v) is 2.18. The SMILES string of the molecule is COC(=O)c1ccccc1N=N/C(C(=O)C(C#N)C#N)=C(/O)c1ccccc1. The summed E-state index contributed by atoms with van der Waals surface area (Å²) < 4.78 is 4.67. The Hall–Kier alpha value is -4.30. The van der Waals surface area contributed by atoms with Crippen LogP contribution in [0.4, 0.5) is 5.69 Å². The maximum Gasteiger partial charge on any atom is 0.340 e. The zero-order valence-corrected chi connectivity index (χ0v) is 14.7. The molecule has 0 aliphatic carbocycles. The number of ether oxygens (including phenoxy) is 1. The average molecular weight is 374 g/mol. The summed E-state index contributed by atoms with van der Waals surface area (Å²) in [6.07, 6.45) is 0. The molecule has 0 saturated heterocycles. The van der Waals surface area contributed by atoms with Crippen molar-refractivity contribution in [2.45, 2.75) is 0 Å².